The number of benzene rings is 2. The first-order chi connectivity index (χ1) is 18.8. The van der Waals surface area contributed by atoms with E-state index in [2.05, 4.69) is 32.5 Å². The predicted molar refractivity (Wildman–Crippen MR) is 146 cm³/mol. The van der Waals surface area contributed by atoms with Crippen molar-refractivity contribution in [2.45, 2.75) is 45.5 Å². The second-order valence-electron chi connectivity index (χ2n) is 10.1. The first-order valence-electron chi connectivity index (χ1n) is 12.4. The smallest absolute Gasteiger partial charge is 0.421 e. The van der Waals surface area contributed by atoms with Gasteiger partial charge in [-0.15, -0.1) is 0 Å². The standard InChI is InChI=1S/C28H29F3N6O3/c1-5-23(38)33-18-9-7-10-19(14-18)34-24-21(28(29,30)31)15-32-25(36-24)35-22-11-6-8-17-16-37(13-12-20(17)22)26(39)40-27(2,3)4/h5-11,14-15H,1,12-13,16H2,2-4H3,(H,33,38)(H2,32,34,35,36). The Morgan fingerprint density at radius 2 is 1.80 bits per heavy atom. The summed E-state index contributed by atoms with van der Waals surface area (Å²) in [4.78, 5) is 33.8. The highest BCUT2D eigenvalue weighted by molar-refractivity contribution is 5.99. The zero-order valence-corrected chi connectivity index (χ0v) is 22.2. The number of nitrogens with zero attached hydrogens (tertiary/aromatic N) is 3. The second-order valence-corrected chi connectivity index (χ2v) is 10.1. The summed E-state index contributed by atoms with van der Waals surface area (Å²) in [6, 6.07) is 11.6. The molecule has 0 saturated heterocycles. The van der Waals surface area contributed by atoms with Crippen molar-refractivity contribution in [3.63, 3.8) is 0 Å². The maximum Gasteiger partial charge on any atom is 0.421 e. The highest BCUT2D eigenvalue weighted by Gasteiger charge is 2.35. The predicted octanol–water partition coefficient (Wildman–Crippen LogP) is 6.40. The lowest BCUT2D eigenvalue weighted by Crippen LogP contribution is -2.40. The van der Waals surface area contributed by atoms with Crippen molar-refractivity contribution in [3.8, 4) is 0 Å². The van der Waals surface area contributed by atoms with Crippen LogP contribution in [-0.2, 0) is 28.7 Å². The van der Waals surface area contributed by atoms with Crippen LogP contribution in [0, 0.1) is 0 Å². The van der Waals surface area contributed by atoms with Crippen LogP contribution < -0.4 is 16.0 Å². The van der Waals surface area contributed by atoms with Crippen LogP contribution in [0.5, 0.6) is 0 Å². The molecule has 2 aromatic carbocycles. The Labute approximate surface area is 229 Å². The molecule has 0 atom stereocenters. The summed E-state index contributed by atoms with van der Waals surface area (Å²) in [5.74, 6) is -0.963. The Balaban J connectivity index is 1.58. The molecule has 3 N–H and O–H groups in total. The van der Waals surface area contributed by atoms with E-state index in [1.54, 1.807) is 56.0 Å². The number of fused-ring (bicyclic) bond motifs is 1. The Hall–Kier alpha value is -4.61. The van der Waals surface area contributed by atoms with Crippen LogP contribution in [0.15, 0.2) is 61.3 Å². The van der Waals surface area contributed by atoms with E-state index in [0.29, 0.717) is 37.1 Å². The summed E-state index contributed by atoms with van der Waals surface area (Å²) >= 11 is 0. The number of amides is 2. The van der Waals surface area contributed by atoms with Crippen LogP contribution >= 0.6 is 0 Å². The van der Waals surface area contributed by atoms with Gasteiger partial charge >= 0.3 is 12.3 Å². The summed E-state index contributed by atoms with van der Waals surface area (Å²) in [5.41, 5.74) is 1.39. The first kappa shape index (κ1) is 28.4. The molecule has 1 aromatic heterocycles. The van der Waals surface area contributed by atoms with E-state index in [9.17, 15) is 22.8 Å². The molecular formula is C28H29F3N6O3. The molecule has 0 saturated carbocycles. The molecule has 0 spiro atoms. The van der Waals surface area contributed by atoms with Crippen LogP contribution in [0.1, 0.15) is 37.5 Å². The third-order valence-corrected chi connectivity index (χ3v) is 5.84. The van der Waals surface area contributed by atoms with Crippen molar-refractivity contribution in [3.05, 3.63) is 78.0 Å². The van der Waals surface area contributed by atoms with Crippen molar-refractivity contribution < 1.29 is 27.5 Å². The van der Waals surface area contributed by atoms with Crippen molar-refractivity contribution in [2.75, 3.05) is 22.5 Å². The number of rotatable bonds is 6. The highest BCUT2D eigenvalue weighted by atomic mass is 19.4. The molecule has 12 heteroatoms. The Kier molecular flexibility index (Phi) is 7.98. The molecule has 1 aliphatic rings. The van der Waals surface area contributed by atoms with Crippen molar-refractivity contribution >= 4 is 40.8 Å². The van der Waals surface area contributed by atoms with Gasteiger partial charge in [0.05, 0.1) is 0 Å². The van der Waals surface area contributed by atoms with E-state index < -0.39 is 35.2 Å². The largest absolute Gasteiger partial charge is 0.444 e. The highest BCUT2D eigenvalue weighted by Crippen LogP contribution is 2.36. The van der Waals surface area contributed by atoms with Gasteiger partial charge in [0.25, 0.3) is 0 Å². The Bertz CT molecular complexity index is 1440. The number of ether oxygens (including phenoxy) is 1. The minimum Gasteiger partial charge on any atom is -0.444 e. The molecule has 0 aliphatic carbocycles. The third kappa shape index (κ3) is 7.07. The topological polar surface area (TPSA) is 108 Å². The third-order valence-electron chi connectivity index (χ3n) is 5.84. The minimum atomic E-state index is -4.72. The fourth-order valence-corrected chi connectivity index (χ4v) is 4.08. The maximum absolute atomic E-state index is 13.8. The summed E-state index contributed by atoms with van der Waals surface area (Å²) < 4.78 is 46.8. The van der Waals surface area contributed by atoms with E-state index in [-0.39, 0.29) is 11.6 Å². The van der Waals surface area contributed by atoms with Crippen LogP contribution in [0.4, 0.5) is 46.8 Å². The van der Waals surface area contributed by atoms with E-state index in [4.69, 9.17) is 4.74 Å². The molecule has 40 heavy (non-hydrogen) atoms. The average molecular weight is 555 g/mol. The summed E-state index contributed by atoms with van der Waals surface area (Å²) in [6.07, 6.45) is -2.83. The lowest BCUT2D eigenvalue weighted by atomic mass is 9.98. The van der Waals surface area contributed by atoms with Crippen LogP contribution in [0.2, 0.25) is 0 Å². The zero-order chi connectivity index (χ0) is 29.1. The van der Waals surface area contributed by atoms with E-state index in [1.165, 1.54) is 6.07 Å². The van der Waals surface area contributed by atoms with Gasteiger partial charge in [-0.25, -0.2) is 9.78 Å². The molecule has 2 heterocycles. The van der Waals surface area contributed by atoms with Crippen LogP contribution in [0.3, 0.4) is 0 Å². The number of hydrogen-bond acceptors (Lipinski definition) is 7. The normalized spacial score (nSPS) is 13.2. The van der Waals surface area contributed by atoms with E-state index in [1.807, 2.05) is 6.07 Å². The number of carbonyl (C=O) groups is 2. The van der Waals surface area contributed by atoms with Crippen molar-refractivity contribution in [1.29, 1.82) is 0 Å². The first-order valence-corrected chi connectivity index (χ1v) is 12.4. The second kappa shape index (κ2) is 11.2. The molecule has 0 radical (unpaired) electrons. The quantitative estimate of drug-likeness (QED) is 0.303. The molecular weight excluding hydrogens is 525 g/mol. The maximum atomic E-state index is 13.8. The molecule has 1 aliphatic heterocycles. The van der Waals surface area contributed by atoms with E-state index >= 15 is 0 Å². The monoisotopic (exact) mass is 554 g/mol. The van der Waals surface area contributed by atoms with Crippen LogP contribution in [-0.4, -0.2) is 39.0 Å². The number of halogens is 3. The van der Waals surface area contributed by atoms with Gasteiger partial charge in [0.1, 0.15) is 17.0 Å². The Morgan fingerprint density at radius 3 is 2.50 bits per heavy atom. The fraction of sp³-hybridized carbons (Fsp3) is 0.286. The van der Waals surface area contributed by atoms with Crippen molar-refractivity contribution in [2.24, 2.45) is 0 Å². The number of aromatic nitrogens is 2. The SMILES string of the molecule is C=CC(=O)Nc1cccc(Nc2nc(Nc3cccc4c3CCN(C(=O)OC(C)(C)C)C4)ncc2C(F)(F)F)c1. The summed E-state index contributed by atoms with van der Waals surface area (Å²) in [5, 5.41) is 8.28. The number of carbonyl (C=O) groups excluding carboxylic acids is 2. The summed E-state index contributed by atoms with van der Waals surface area (Å²) in [7, 11) is 0. The van der Waals surface area contributed by atoms with Gasteiger partial charge in [-0.3, -0.25) is 4.79 Å². The van der Waals surface area contributed by atoms with Crippen LogP contribution in [0.25, 0.3) is 0 Å². The molecule has 3 aromatic rings. The molecule has 9 nitrogen and oxygen atoms in total. The fourth-order valence-electron chi connectivity index (χ4n) is 4.08. The number of nitrogens with one attached hydrogen (secondary N) is 3. The number of anilines is 5. The molecule has 4 rings (SSSR count). The lowest BCUT2D eigenvalue weighted by molar-refractivity contribution is -0.137. The van der Waals surface area contributed by atoms with Gasteiger partial charge in [-0.05, 0) is 68.7 Å². The van der Waals surface area contributed by atoms with Crippen molar-refractivity contribution in [1.82, 2.24) is 14.9 Å². The summed E-state index contributed by atoms with van der Waals surface area (Å²) in [6.45, 7) is 9.53. The number of alkyl halides is 3. The lowest BCUT2D eigenvalue weighted by Gasteiger charge is -2.32. The molecule has 2 amide bonds. The van der Waals surface area contributed by atoms with Gasteiger partial charge in [-0.2, -0.15) is 18.2 Å². The molecule has 0 fully saturated rings. The molecule has 210 valence electrons. The Morgan fingerprint density at radius 1 is 1.07 bits per heavy atom. The number of hydrogen-bond donors (Lipinski definition) is 3. The molecule has 0 unspecified atom stereocenters. The zero-order valence-electron chi connectivity index (χ0n) is 22.2. The van der Waals surface area contributed by atoms with Gasteiger partial charge < -0.3 is 25.6 Å². The van der Waals surface area contributed by atoms with Gasteiger partial charge in [-0.1, -0.05) is 24.8 Å². The van der Waals surface area contributed by atoms with Gasteiger partial charge in [0.15, 0.2) is 0 Å². The molecule has 0 bridgehead atoms. The minimum absolute atomic E-state index is 0.0467. The van der Waals surface area contributed by atoms with Gasteiger partial charge in [0.2, 0.25) is 11.9 Å². The van der Waals surface area contributed by atoms with E-state index in [0.717, 1.165) is 17.2 Å². The van der Waals surface area contributed by atoms with Gasteiger partial charge in [0, 0.05) is 36.3 Å². The average Bonchev–Trinajstić information content (AvgIpc) is 2.87.